The van der Waals surface area contributed by atoms with E-state index in [0.29, 0.717) is 0 Å². The smallest absolute Gasteiger partial charge is 0.123 e. The van der Waals surface area contributed by atoms with Crippen molar-refractivity contribution in [2.24, 2.45) is 0 Å². The topological polar surface area (TPSA) is 9.23 Å². The molecule has 1 nitrogen and oxygen atoms in total. The Morgan fingerprint density at radius 2 is 2.17 bits per heavy atom. The standard InChI is InChI=1S/C10H11BrO/c1-12-9-4-2-3-8(11)10(9)7-5-6-7/h2-4,7H,5-6H2,1H3. The second kappa shape index (κ2) is 3.09. The highest BCUT2D eigenvalue weighted by Gasteiger charge is 2.28. The Balaban J connectivity index is 2.45. The molecule has 0 N–H and O–H groups in total. The van der Waals surface area contributed by atoms with Crippen molar-refractivity contribution in [2.75, 3.05) is 7.11 Å². The van der Waals surface area contributed by atoms with Crippen molar-refractivity contribution in [2.45, 2.75) is 18.8 Å². The average Bonchev–Trinajstić information content (AvgIpc) is 2.87. The molecule has 12 heavy (non-hydrogen) atoms. The first-order chi connectivity index (χ1) is 5.83. The number of hydrogen-bond acceptors (Lipinski definition) is 1. The second-order valence-electron chi connectivity index (χ2n) is 3.13. The molecule has 1 aliphatic rings. The van der Waals surface area contributed by atoms with Gasteiger partial charge in [0.25, 0.3) is 0 Å². The fraction of sp³-hybridized carbons (Fsp3) is 0.400. The van der Waals surface area contributed by atoms with Crippen LogP contribution >= 0.6 is 15.9 Å². The maximum absolute atomic E-state index is 5.30. The van der Waals surface area contributed by atoms with Crippen molar-refractivity contribution < 1.29 is 4.74 Å². The highest BCUT2D eigenvalue weighted by atomic mass is 79.9. The molecule has 0 amide bonds. The molecule has 0 radical (unpaired) electrons. The first-order valence-electron chi connectivity index (χ1n) is 4.15. The van der Waals surface area contributed by atoms with Crippen LogP contribution in [0.2, 0.25) is 0 Å². The highest BCUT2D eigenvalue weighted by molar-refractivity contribution is 9.10. The Bertz CT molecular complexity index is 292. The Hall–Kier alpha value is -0.500. The SMILES string of the molecule is COc1cccc(Br)c1C1CC1. The minimum Gasteiger partial charge on any atom is -0.496 e. The van der Waals surface area contributed by atoms with Crippen molar-refractivity contribution in [3.8, 4) is 5.75 Å². The van der Waals surface area contributed by atoms with E-state index in [1.165, 1.54) is 22.9 Å². The molecule has 1 fully saturated rings. The van der Waals surface area contributed by atoms with Crippen molar-refractivity contribution in [3.05, 3.63) is 28.2 Å². The summed E-state index contributed by atoms with van der Waals surface area (Å²) in [6, 6.07) is 6.11. The highest BCUT2D eigenvalue weighted by Crippen LogP contribution is 2.47. The molecule has 1 aromatic rings. The van der Waals surface area contributed by atoms with E-state index in [1.807, 2.05) is 12.1 Å². The van der Waals surface area contributed by atoms with Gasteiger partial charge in [0.05, 0.1) is 7.11 Å². The van der Waals surface area contributed by atoms with Gasteiger partial charge in [-0.2, -0.15) is 0 Å². The quantitative estimate of drug-likeness (QED) is 0.752. The third kappa shape index (κ3) is 1.36. The van der Waals surface area contributed by atoms with Gasteiger partial charge in [-0.15, -0.1) is 0 Å². The minimum atomic E-state index is 0.732. The van der Waals surface area contributed by atoms with Crippen molar-refractivity contribution in [1.29, 1.82) is 0 Å². The first kappa shape index (κ1) is 8.11. The lowest BCUT2D eigenvalue weighted by Crippen LogP contribution is -1.90. The molecule has 1 aromatic carbocycles. The summed E-state index contributed by atoms with van der Waals surface area (Å²) < 4.78 is 6.48. The van der Waals surface area contributed by atoms with Gasteiger partial charge >= 0.3 is 0 Å². The summed E-state index contributed by atoms with van der Waals surface area (Å²) in [4.78, 5) is 0. The Morgan fingerprint density at radius 1 is 1.42 bits per heavy atom. The number of benzene rings is 1. The van der Waals surface area contributed by atoms with Crippen LogP contribution in [0.25, 0.3) is 0 Å². The van der Waals surface area contributed by atoms with E-state index >= 15 is 0 Å². The molecule has 64 valence electrons. The van der Waals surface area contributed by atoms with Gasteiger partial charge in [0, 0.05) is 10.0 Å². The van der Waals surface area contributed by atoms with E-state index in [2.05, 4.69) is 22.0 Å². The van der Waals surface area contributed by atoms with Gasteiger partial charge in [0.2, 0.25) is 0 Å². The average molecular weight is 227 g/mol. The van der Waals surface area contributed by atoms with E-state index in [1.54, 1.807) is 7.11 Å². The molecule has 0 bridgehead atoms. The van der Waals surface area contributed by atoms with Crippen LogP contribution in [-0.4, -0.2) is 7.11 Å². The number of hydrogen-bond donors (Lipinski definition) is 0. The zero-order valence-corrected chi connectivity index (χ0v) is 8.60. The fourth-order valence-electron chi connectivity index (χ4n) is 1.46. The van der Waals surface area contributed by atoms with Crippen molar-refractivity contribution in [1.82, 2.24) is 0 Å². The summed E-state index contributed by atoms with van der Waals surface area (Å²) in [5.41, 5.74) is 1.35. The predicted molar refractivity (Wildman–Crippen MR) is 52.7 cm³/mol. The molecule has 2 heteroatoms. The van der Waals surface area contributed by atoms with Gasteiger partial charge in [-0.05, 0) is 30.9 Å². The molecule has 0 heterocycles. The summed E-state index contributed by atoms with van der Waals surface area (Å²) >= 11 is 3.55. The van der Waals surface area contributed by atoms with Gasteiger partial charge in [0.15, 0.2) is 0 Å². The molecule has 2 rings (SSSR count). The third-order valence-corrected chi connectivity index (χ3v) is 2.91. The molecule has 0 saturated heterocycles. The van der Waals surface area contributed by atoms with Crippen LogP contribution in [0.4, 0.5) is 0 Å². The normalized spacial score (nSPS) is 16.2. The number of rotatable bonds is 2. The lowest BCUT2D eigenvalue weighted by Gasteiger charge is -2.08. The maximum atomic E-state index is 5.30. The van der Waals surface area contributed by atoms with Gasteiger partial charge in [-0.1, -0.05) is 22.0 Å². The van der Waals surface area contributed by atoms with E-state index in [-0.39, 0.29) is 0 Å². The van der Waals surface area contributed by atoms with Crippen molar-refractivity contribution in [3.63, 3.8) is 0 Å². The Kier molecular flexibility index (Phi) is 2.09. The molecule has 0 unspecified atom stereocenters. The van der Waals surface area contributed by atoms with E-state index in [9.17, 15) is 0 Å². The zero-order chi connectivity index (χ0) is 8.55. The van der Waals surface area contributed by atoms with Crippen LogP contribution in [0.5, 0.6) is 5.75 Å². The van der Waals surface area contributed by atoms with Gasteiger partial charge in [0.1, 0.15) is 5.75 Å². The van der Waals surface area contributed by atoms with Crippen molar-refractivity contribution >= 4 is 15.9 Å². The van der Waals surface area contributed by atoms with Crippen LogP contribution in [0.15, 0.2) is 22.7 Å². The van der Waals surface area contributed by atoms with Gasteiger partial charge in [-0.25, -0.2) is 0 Å². The van der Waals surface area contributed by atoms with Crippen LogP contribution < -0.4 is 4.74 Å². The van der Waals surface area contributed by atoms with Crippen LogP contribution in [0, 0.1) is 0 Å². The number of methoxy groups -OCH3 is 1. The molecule has 1 saturated carbocycles. The first-order valence-corrected chi connectivity index (χ1v) is 4.94. The van der Waals surface area contributed by atoms with E-state index in [0.717, 1.165) is 11.7 Å². The largest absolute Gasteiger partial charge is 0.496 e. The lowest BCUT2D eigenvalue weighted by atomic mass is 10.1. The molecule has 0 atom stereocenters. The van der Waals surface area contributed by atoms with E-state index < -0.39 is 0 Å². The zero-order valence-electron chi connectivity index (χ0n) is 7.01. The minimum absolute atomic E-state index is 0.732. The molecule has 1 aliphatic carbocycles. The van der Waals surface area contributed by atoms with E-state index in [4.69, 9.17) is 4.74 Å². The lowest BCUT2D eigenvalue weighted by molar-refractivity contribution is 0.409. The van der Waals surface area contributed by atoms with Gasteiger partial charge < -0.3 is 4.74 Å². The summed E-state index contributed by atoms with van der Waals surface area (Å²) in [5, 5.41) is 0. The summed E-state index contributed by atoms with van der Waals surface area (Å²) in [6.45, 7) is 0. The van der Waals surface area contributed by atoms with Crippen LogP contribution in [-0.2, 0) is 0 Å². The van der Waals surface area contributed by atoms with Gasteiger partial charge in [-0.3, -0.25) is 0 Å². The predicted octanol–water partition coefficient (Wildman–Crippen LogP) is 3.34. The van der Waals surface area contributed by atoms with Crippen LogP contribution in [0.3, 0.4) is 0 Å². The Labute approximate surface area is 80.9 Å². The van der Waals surface area contributed by atoms with Crippen LogP contribution in [0.1, 0.15) is 24.3 Å². The summed E-state index contributed by atoms with van der Waals surface area (Å²) in [6.07, 6.45) is 2.61. The summed E-state index contributed by atoms with van der Waals surface area (Å²) in [7, 11) is 1.73. The maximum Gasteiger partial charge on any atom is 0.123 e. The molecule has 0 aromatic heterocycles. The molecule has 0 spiro atoms. The third-order valence-electron chi connectivity index (χ3n) is 2.22. The fourth-order valence-corrected chi connectivity index (χ4v) is 2.14. The molecule has 0 aliphatic heterocycles. The second-order valence-corrected chi connectivity index (χ2v) is 3.98. The number of halogens is 1. The number of ether oxygens (including phenoxy) is 1. The molecular formula is C10H11BrO. The monoisotopic (exact) mass is 226 g/mol. The summed E-state index contributed by atoms with van der Waals surface area (Å²) in [5.74, 6) is 1.75. The molecular weight excluding hydrogens is 216 g/mol. The Morgan fingerprint density at radius 3 is 2.75 bits per heavy atom.